The fraction of sp³-hybridized carbons (Fsp3) is 0.263. The van der Waals surface area contributed by atoms with E-state index in [1.54, 1.807) is 11.0 Å². The summed E-state index contributed by atoms with van der Waals surface area (Å²) in [6.45, 7) is 1.87. The van der Waals surface area contributed by atoms with Crippen molar-refractivity contribution in [2.75, 3.05) is 38.2 Å². The minimum atomic E-state index is -0.594. The second-order valence-electron chi connectivity index (χ2n) is 6.58. The van der Waals surface area contributed by atoms with E-state index < -0.39 is 11.6 Å². The summed E-state index contributed by atoms with van der Waals surface area (Å²) < 4.78 is 33.5. The fourth-order valence-corrected chi connectivity index (χ4v) is 4.27. The number of nitrogens with zero attached hydrogens (tertiary/aromatic N) is 3. The van der Waals surface area contributed by atoms with Crippen LogP contribution in [-0.4, -0.2) is 54.1 Å². The number of piperazine rings is 1. The fourth-order valence-electron chi connectivity index (χ4n) is 3.40. The van der Waals surface area contributed by atoms with Crippen molar-refractivity contribution >= 4 is 50.2 Å². The van der Waals surface area contributed by atoms with Crippen LogP contribution in [0.1, 0.15) is 10.5 Å². The second kappa shape index (κ2) is 7.79. The number of ether oxygens (including phenoxy) is 1. The number of pyridine rings is 1. The van der Waals surface area contributed by atoms with E-state index in [2.05, 4.69) is 25.9 Å². The highest BCUT2D eigenvalue weighted by Gasteiger charge is 2.26. The summed E-state index contributed by atoms with van der Waals surface area (Å²) >= 11 is 9.22. The van der Waals surface area contributed by atoms with Crippen LogP contribution in [0.2, 0.25) is 5.02 Å². The maximum Gasteiger partial charge on any atom is 0.270 e. The Bertz CT molecular complexity index is 1100. The molecule has 3 aromatic rings. The molecule has 1 aliphatic heterocycles. The van der Waals surface area contributed by atoms with Gasteiger partial charge in [0.2, 0.25) is 0 Å². The molecule has 0 unspecified atom stereocenters. The first kappa shape index (κ1) is 19.9. The lowest BCUT2D eigenvalue weighted by atomic mass is 10.2. The summed E-state index contributed by atoms with van der Waals surface area (Å²) in [6.07, 6.45) is 1.14. The number of halogens is 4. The van der Waals surface area contributed by atoms with Crippen molar-refractivity contribution in [2.45, 2.75) is 0 Å². The molecular weight excluding hydrogens is 470 g/mol. The summed E-state index contributed by atoms with van der Waals surface area (Å²) in [5.41, 5.74) is 0.472. The van der Waals surface area contributed by atoms with Gasteiger partial charge in [0.25, 0.3) is 5.91 Å². The topological polar surface area (TPSA) is 61.5 Å². The van der Waals surface area contributed by atoms with E-state index in [1.807, 2.05) is 4.90 Å². The largest absolute Gasteiger partial charge is 0.493 e. The Balaban J connectivity index is 1.52. The lowest BCUT2D eigenvalue weighted by Gasteiger charge is -2.35. The van der Waals surface area contributed by atoms with Gasteiger partial charge in [0, 0.05) is 42.1 Å². The molecule has 0 bridgehead atoms. The SMILES string of the molecule is COc1cc(F)cnc1N1CCN(C(=O)c2cc3c(Br)cc(Cl)c(F)c3[nH]2)CC1. The van der Waals surface area contributed by atoms with Crippen molar-refractivity contribution < 1.29 is 18.3 Å². The summed E-state index contributed by atoms with van der Waals surface area (Å²) in [6, 6.07) is 4.35. The number of hydrogen-bond donors (Lipinski definition) is 1. The van der Waals surface area contributed by atoms with Gasteiger partial charge in [-0.1, -0.05) is 27.5 Å². The third-order valence-electron chi connectivity index (χ3n) is 4.87. The minimum Gasteiger partial charge on any atom is -0.493 e. The number of benzene rings is 1. The molecule has 1 saturated heterocycles. The quantitative estimate of drug-likeness (QED) is 0.564. The number of hydrogen-bond acceptors (Lipinski definition) is 4. The van der Waals surface area contributed by atoms with Crippen LogP contribution in [0.5, 0.6) is 5.75 Å². The molecule has 0 spiro atoms. The summed E-state index contributed by atoms with van der Waals surface area (Å²) in [4.78, 5) is 23.5. The third-order valence-corrected chi connectivity index (χ3v) is 5.80. The molecule has 0 radical (unpaired) electrons. The van der Waals surface area contributed by atoms with Crippen LogP contribution >= 0.6 is 27.5 Å². The number of methoxy groups -OCH3 is 1. The van der Waals surface area contributed by atoms with Crippen LogP contribution in [0.15, 0.2) is 28.9 Å². The van der Waals surface area contributed by atoms with E-state index >= 15 is 0 Å². The molecule has 1 aromatic carbocycles. The zero-order valence-corrected chi connectivity index (χ0v) is 17.6. The van der Waals surface area contributed by atoms with Crippen molar-refractivity contribution in [1.82, 2.24) is 14.9 Å². The number of aromatic amines is 1. The average Bonchev–Trinajstić information content (AvgIpc) is 3.18. The lowest BCUT2D eigenvalue weighted by molar-refractivity contribution is 0.0741. The molecule has 1 amide bonds. The van der Waals surface area contributed by atoms with E-state index in [0.717, 1.165) is 6.20 Å². The van der Waals surface area contributed by atoms with Gasteiger partial charge in [-0.15, -0.1) is 0 Å². The molecule has 0 saturated carbocycles. The monoisotopic (exact) mass is 484 g/mol. The number of fused-ring (bicyclic) bond motifs is 1. The van der Waals surface area contributed by atoms with Gasteiger partial charge < -0.3 is 19.5 Å². The molecule has 6 nitrogen and oxygen atoms in total. The van der Waals surface area contributed by atoms with E-state index in [4.69, 9.17) is 16.3 Å². The zero-order valence-electron chi connectivity index (χ0n) is 15.3. The van der Waals surface area contributed by atoms with Gasteiger partial charge in [0.15, 0.2) is 17.4 Å². The smallest absolute Gasteiger partial charge is 0.270 e. The Morgan fingerprint density at radius 1 is 1.24 bits per heavy atom. The number of amides is 1. The van der Waals surface area contributed by atoms with E-state index in [0.29, 0.717) is 47.6 Å². The first-order valence-electron chi connectivity index (χ1n) is 8.79. The lowest BCUT2D eigenvalue weighted by Crippen LogP contribution is -2.49. The van der Waals surface area contributed by atoms with E-state index in [1.165, 1.54) is 19.2 Å². The van der Waals surface area contributed by atoms with Crippen molar-refractivity contribution in [3.05, 3.63) is 51.2 Å². The number of H-pyrrole nitrogens is 1. The first-order chi connectivity index (χ1) is 13.9. The van der Waals surface area contributed by atoms with Crippen LogP contribution in [-0.2, 0) is 0 Å². The second-order valence-corrected chi connectivity index (χ2v) is 7.85. The third kappa shape index (κ3) is 3.64. The molecule has 29 heavy (non-hydrogen) atoms. The molecule has 3 heterocycles. The first-order valence-corrected chi connectivity index (χ1v) is 9.96. The molecule has 152 valence electrons. The van der Waals surface area contributed by atoms with E-state index in [9.17, 15) is 13.6 Å². The Kier molecular flexibility index (Phi) is 5.35. The minimum absolute atomic E-state index is 0.0282. The Hall–Kier alpha value is -2.39. The van der Waals surface area contributed by atoms with Crippen molar-refractivity contribution in [1.29, 1.82) is 0 Å². The van der Waals surface area contributed by atoms with Crippen LogP contribution in [0.4, 0.5) is 14.6 Å². The van der Waals surface area contributed by atoms with Crippen LogP contribution in [0, 0.1) is 11.6 Å². The highest BCUT2D eigenvalue weighted by atomic mass is 79.9. The molecular formula is C19H16BrClF2N4O2. The van der Waals surface area contributed by atoms with Gasteiger partial charge in [-0.05, 0) is 12.1 Å². The Morgan fingerprint density at radius 3 is 2.66 bits per heavy atom. The maximum absolute atomic E-state index is 14.3. The van der Waals surface area contributed by atoms with Gasteiger partial charge in [-0.25, -0.2) is 13.8 Å². The highest BCUT2D eigenvalue weighted by molar-refractivity contribution is 9.10. The van der Waals surface area contributed by atoms with Crippen molar-refractivity contribution in [3.8, 4) is 5.75 Å². The molecule has 10 heteroatoms. The number of carbonyl (C=O) groups is 1. The molecule has 0 aliphatic carbocycles. The summed E-state index contributed by atoms with van der Waals surface area (Å²) in [5.74, 6) is -0.424. The molecule has 1 aliphatic rings. The van der Waals surface area contributed by atoms with E-state index in [-0.39, 0.29) is 22.1 Å². The van der Waals surface area contributed by atoms with Crippen LogP contribution in [0.3, 0.4) is 0 Å². The average molecular weight is 486 g/mol. The standard InChI is InChI=1S/C19H16BrClF2N4O2/c1-29-15-6-10(22)9-24-18(15)26-2-4-27(5-3-26)19(28)14-7-11-12(20)8-13(21)16(23)17(11)25-14/h6-9,25H,2-5H2,1H3. The number of rotatable bonds is 3. The van der Waals surface area contributed by atoms with Gasteiger partial charge in [0.1, 0.15) is 11.5 Å². The Labute approximate surface area is 178 Å². The summed E-state index contributed by atoms with van der Waals surface area (Å²) in [5, 5.41) is 0.522. The van der Waals surface area contributed by atoms with Crippen molar-refractivity contribution in [3.63, 3.8) is 0 Å². The number of aromatic nitrogens is 2. The van der Waals surface area contributed by atoms with Gasteiger partial charge in [-0.3, -0.25) is 4.79 Å². The molecule has 2 aromatic heterocycles. The molecule has 0 atom stereocenters. The summed E-state index contributed by atoms with van der Waals surface area (Å²) in [7, 11) is 1.46. The highest BCUT2D eigenvalue weighted by Crippen LogP contribution is 2.32. The number of carbonyl (C=O) groups excluding carboxylic acids is 1. The number of anilines is 1. The predicted octanol–water partition coefficient (Wildman–Crippen LogP) is 4.23. The van der Waals surface area contributed by atoms with Gasteiger partial charge in [-0.2, -0.15) is 0 Å². The van der Waals surface area contributed by atoms with Crippen LogP contribution < -0.4 is 9.64 Å². The normalized spacial score (nSPS) is 14.5. The van der Waals surface area contributed by atoms with Crippen LogP contribution in [0.25, 0.3) is 10.9 Å². The zero-order chi connectivity index (χ0) is 20.7. The van der Waals surface area contributed by atoms with Gasteiger partial charge in [0.05, 0.1) is 23.8 Å². The molecule has 1 fully saturated rings. The number of nitrogens with one attached hydrogen (secondary N) is 1. The Morgan fingerprint density at radius 2 is 1.97 bits per heavy atom. The van der Waals surface area contributed by atoms with Gasteiger partial charge >= 0.3 is 0 Å². The molecule has 1 N–H and O–H groups in total. The molecule has 4 rings (SSSR count). The van der Waals surface area contributed by atoms with Crippen molar-refractivity contribution in [2.24, 2.45) is 0 Å². The predicted molar refractivity (Wildman–Crippen MR) is 110 cm³/mol. The maximum atomic E-state index is 14.3.